The van der Waals surface area contributed by atoms with Crippen LogP contribution < -0.4 is 0 Å². The Bertz CT molecular complexity index is 1010. The number of nitrogens with zero attached hydrogens (tertiary/aromatic N) is 4. The van der Waals surface area contributed by atoms with Crippen LogP contribution in [0.25, 0.3) is 22.3 Å². The van der Waals surface area contributed by atoms with E-state index >= 15 is 0 Å². The number of pyridine rings is 2. The molecule has 118 valence electrons. The Balaban J connectivity index is 1.79. The van der Waals surface area contributed by atoms with Gasteiger partial charge in [-0.05, 0) is 36.8 Å². The molecule has 0 aliphatic rings. The van der Waals surface area contributed by atoms with Gasteiger partial charge < -0.3 is 0 Å². The van der Waals surface area contributed by atoms with E-state index in [2.05, 4.69) is 15.1 Å². The summed E-state index contributed by atoms with van der Waals surface area (Å²) < 4.78 is 15.7. The lowest BCUT2D eigenvalue weighted by Crippen LogP contribution is -2.04. The predicted molar refractivity (Wildman–Crippen MR) is 91.0 cm³/mol. The van der Waals surface area contributed by atoms with Gasteiger partial charge in [0.2, 0.25) is 0 Å². The van der Waals surface area contributed by atoms with E-state index in [1.54, 1.807) is 35.4 Å². The second-order valence-corrected chi connectivity index (χ2v) is 5.69. The third-order valence-corrected chi connectivity index (χ3v) is 4.02. The summed E-state index contributed by atoms with van der Waals surface area (Å²) in [5.74, 6) is -0.223. The minimum absolute atomic E-state index is 0.223. The summed E-state index contributed by atoms with van der Waals surface area (Å²) in [4.78, 5) is 8.81. The van der Waals surface area contributed by atoms with Gasteiger partial charge in [-0.1, -0.05) is 18.2 Å². The maximum atomic E-state index is 13.9. The lowest BCUT2D eigenvalue weighted by molar-refractivity contribution is 0.590. The number of aryl methyl sites for hydroxylation is 1. The standard InChI is InChI=1S/C19H15FN4/c1-13-9-17(14-6-4-8-21-10-14)23-18-11-22-24(19(13)18)12-15-5-2-3-7-16(15)20/h2-11H,12H2,1H3. The van der Waals surface area contributed by atoms with Crippen LogP contribution in [0.4, 0.5) is 4.39 Å². The third kappa shape index (κ3) is 2.54. The lowest BCUT2D eigenvalue weighted by Gasteiger charge is -2.08. The summed E-state index contributed by atoms with van der Waals surface area (Å²) in [6.07, 6.45) is 5.25. The van der Waals surface area contributed by atoms with Gasteiger partial charge in [0.25, 0.3) is 0 Å². The summed E-state index contributed by atoms with van der Waals surface area (Å²) >= 11 is 0. The van der Waals surface area contributed by atoms with Gasteiger partial charge in [0, 0.05) is 23.5 Å². The van der Waals surface area contributed by atoms with Crippen LogP contribution in [-0.4, -0.2) is 19.7 Å². The van der Waals surface area contributed by atoms with Gasteiger partial charge >= 0.3 is 0 Å². The van der Waals surface area contributed by atoms with Gasteiger partial charge in [-0.2, -0.15) is 5.10 Å². The molecule has 4 rings (SSSR count). The Morgan fingerprint density at radius 1 is 1.08 bits per heavy atom. The van der Waals surface area contributed by atoms with Gasteiger partial charge in [-0.3, -0.25) is 9.67 Å². The predicted octanol–water partition coefficient (Wildman–Crippen LogP) is 3.99. The van der Waals surface area contributed by atoms with Gasteiger partial charge in [-0.15, -0.1) is 0 Å². The molecule has 0 radical (unpaired) electrons. The number of benzene rings is 1. The van der Waals surface area contributed by atoms with Crippen LogP contribution in [0, 0.1) is 12.7 Å². The summed E-state index contributed by atoms with van der Waals surface area (Å²) in [5.41, 5.74) is 5.20. The minimum Gasteiger partial charge on any atom is -0.264 e. The van der Waals surface area contributed by atoms with Crippen LogP contribution in [0.1, 0.15) is 11.1 Å². The van der Waals surface area contributed by atoms with Crippen molar-refractivity contribution in [3.8, 4) is 11.3 Å². The summed E-state index contributed by atoms with van der Waals surface area (Å²) in [6, 6.07) is 12.6. The Kier molecular flexibility index (Phi) is 3.54. The van der Waals surface area contributed by atoms with Gasteiger partial charge in [0.15, 0.2) is 0 Å². The SMILES string of the molecule is Cc1cc(-c2cccnc2)nc2cnn(Cc3ccccc3F)c12. The first-order chi connectivity index (χ1) is 11.7. The highest BCUT2D eigenvalue weighted by Crippen LogP contribution is 2.24. The average molecular weight is 318 g/mol. The normalized spacial score (nSPS) is 11.1. The molecule has 0 unspecified atom stereocenters. The molecule has 4 aromatic rings. The number of hydrogen-bond donors (Lipinski definition) is 0. The molecule has 4 nitrogen and oxygen atoms in total. The smallest absolute Gasteiger partial charge is 0.128 e. The fourth-order valence-electron chi connectivity index (χ4n) is 2.87. The van der Waals surface area contributed by atoms with Crippen molar-refractivity contribution in [2.24, 2.45) is 0 Å². The van der Waals surface area contributed by atoms with Gasteiger partial charge in [0.1, 0.15) is 11.3 Å². The third-order valence-electron chi connectivity index (χ3n) is 4.02. The van der Waals surface area contributed by atoms with E-state index in [4.69, 9.17) is 0 Å². The van der Waals surface area contributed by atoms with Crippen molar-refractivity contribution in [3.63, 3.8) is 0 Å². The highest BCUT2D eigenvalue weighted by atomic mass is 19.1. The van der Waals surface area contributed by atoms with Crippen LogP contribution in [0.15, 0.2) is 61.1 Å². The van der Waals surface area contributed by atoms with E-state index in [1.807, 2.05) is 31.2 Å². The van der Waals surface area contributed by atoms with Crippen molar-refractivity contribution in [2.45, 2.75) is 13.5 Å². The zero-order chi connectivity index (χ0) is 16.5. The van der Waals surface area contributed by atoms with Crippen molar-refractivity contribution >= 4 is 11.0 Å². The molecule has 0 saturated carbocycles. The van der Waals surface area contributed by atoms with E-state index in [0.29, 0.717) is 12.1 Å². The Hall–Kier alpha value is -3.08. The topological polar surface area (TPSA) is 43.6 Å². The summed E-state index contributed by atoms with van der Waals surface area (Å²) in [6.45, 7) is 2.40. The van der Waals surface area contributed by atoms with Crippen LogP contribution in [-0.2, 0) is 6.54 Å². The van der Waals surface area contributed by atoms with E-state index < -0.39 is 0 Å². The molecule has 0 amide bonds. The Morgan fingerprint density at radius 3 is 2.75 bits per heavy atom. The number of hydrogen-bond acceptors (Lipinski definition) is 3. The first kappa shape index (κ1) is 14.5. The van der Waals surface area contributed by atoms with Gasteiger partial charge in [-0.25, -0.2) is 9.37 Å². The van der Waals surface area contributed by atoms with Crippen molar-refractivity contribution in [3.05, 3.63) is 78.0 Å². The second kappa shape index (κ2) is 5.85. The minimum atomic E-state index is -0.223. The molecule has 0 spiro atoms. The fourth-order valence-corrected chi connectivity index (χ4v) is 2.87. The van der Waals surface area contributed by atoms with E-state index in [1.165, 1.54) is 6.07 Å². The molecule has 0 saturated heterocycles. The van der Waals surface area contributed by atoms with Crippen molar-refractivity contribution < 1.29 is 4.39 Å². The molecular weight excluding hydrogens is 303 g/mol. The monoisotopic (exact) mass is 318 g/mol. The van der Waals surface area contributed by atoms with Crippen LogP contribution >= 0.6 is 0 Å². The molecule has 3 heterocycles. The first-order valence-electron chi connectivity index (χ1n) is 7.69. The van der Waals surface area contributed by atoms with E-state index in [-0.39, 0.29) is 5.82 Å². The van der Waals surface area contributed by atoms with E-state index in [0.717, 1.165) is 27.9 Å². The zero-order valence-corrected chi connectivity index (χ0v) is 13.1. The largest absolute Gasteiger partial charge is 0.264 e. The molecule has 0 atom stereocenters. The molecule has 0 aliphatic carbocycles. The van der Waals surface area contributed by atoms with Crippen LogP contribution in [0.3, 0.4) is 0 Å². The Labute approximate surface area is 138 Å². The maximum Gasteiger partial charge on any atom is 0.128 e. The average Bonchev–Trinajstić information content (AvgIpc) is 3.01. The van der Waals surface area contributed by atoms with Crippen molar-refractivity contribution in [2.75, 3.05) is 0 Å². The number of aromatic nitrogens is 4. The molecule has 0 aliphatic heterocycles. The molecule has 24 heavy (non-hydrogen) atoms. The highest BCUT2D eigenvalue weighted by molar-refractivity contribution is 5.81. The zero-order valence-electron chi connectivity index (χ0n) is 13.1. The molecule has 0 fully saturated rings. The molecule has 3 aromatic heterocycles. The highest BCUT2D eigenvalue weighted by Gasteiger charge is 2.12. The second-order valence-electron chi connectivity index (χ2n) is 5.69. The fraction of sp³-hybridized carbons (Fsp3) is 0.105. The quantitative estimate of drug-likeness (QED) is 0.574. The van der Waals surface area contributed by atoms with Crippen LogP contribution in [0.2, 0.25) is 0 Å². The Morgan fingerprint density at radius 2 is 1.96 bits per heavy atom. The van der Waals surface area contributed by atoms with Crippen molar-refractivity contribution in [1.82, 2.24) is 19.7 Å². The van der Waals surface area contributed by atoms with Gasteiger partial charge in [0.05, 0.1) is 24.0 Å². The first-order valence-corrected chi connectivity index (χ1v) is 7.69. The molecule has 0 N–H and O–H groups in total. The van der Waals surface area contributed by atoms with Crippen molar-refractivity contribution in [1.29, 1.82) is 0 Å². The summed E-state index contributed by atoms with van der Waals surface area (Å²) in [5, 5.41) is 4.40. The molecule has 5 heteroatoms. The number of halogens is 1. The molecular formula is C19H15FN4. The number of fused-ring (bicyclic) bond motifs is 1. The maximum absolute atomic E-state index is 13.9. The van der Waals surface area contributed by atoms with Crippen LogP contribution in [0.5, 0.6) is 0 Å². The molecule has 0 bridgehead atoms. The van der Waals surface area contributed by atoms with E-state index in [9.17, 15) is 4.39 Å². The number of rotatable bonds is 3. The molecule has 1 aromatic carbocycles. The lowest BCUT2D eigenvalue weighted by atomic mass is 10.1. The summed E-state index contributed by atoms with van der Waals surface area (Å²) in [7, 11) is 0.